The number of hydrogen-bond donors (Lipinski definition) is 0. The molecule has 0 radical (unpaired) electrons. The van der Waals surface area contributed by atoms with E-state index in [2.05, 4.69) is 14.8 Å². The minimum atomic E-state index is 0.0921. The number of amides is 1. The molecule has 3 heterocycles. The Labute approximate surface area is 182 Å². The molecule has 2 aliphatic rings. The fourth-order valence-electron chi connectivity index (χ4n) is 4.70. The van der Waals surface area contributed by atoms with Gasteiger partial charge in [-0.25, -0.2) is 0 Å². The number of para-hydroxylation sites is 3. The van der Waals surface area contributed by atoms with Crippen molar-refractivity contribution in [1.82, 2.24) is 9.88 Å². The maximum absolute atomic E-state index is 13.2. The van der Waals surface area contributed by atoms with E-state index in [0.29, 0.717) is 24.4 Å². The molecule has 0 saturated carbocycles. The summed E-state index contributed by atoms with van der Waals surface area (Å²) in [6.07, 6.45) is 3.86. The summed E-state index contributed by atoms with van der Waals surface area (Å²) >= 11 is 0. The van der Waals surface area contributed by atoms with Crippen LogP contribution in [0.3, 0.4) is 0 Å². The third kappa shape index (κ3) is 4.53. The van der Waals surface area contributed by atoms with Gasteiger partial charge in [-0.05, 0) is 49.9 Å². The molecule has 5 rings (SSSR count). The number of fused-ring (bicyclic) bond motifs is 1. The van der Waals surface area contributed by atoms with Crippen LogP contribution in [0.1, 0.15) is 25.7 Å². The number of carbonyl (C=O) groups excluding carboxylic acids is 1. The van der Waals surface area contributed by atoms with Crippen LogP contribution in [0.5, 0.6) is 5.75 Å². The molecule has 1 amide bonds. The van der Waals surface area contributed by atoms with E-state index in [1.54, 1.807) is 0 Å². The highest BCUT2D eigenvalue weighted by Crippen LogP contribution is 2.28. The second kappa shape index (κ2) is 9.00. The van der Waals surface area contributed by atoms with Crippen molar-refractivity contribution in [2.75, 3.05) is 37.7 Å². The minimum absolute atomic E-state index is 0.0921. The van der Waals surface area contributed by atoms with Gasteiger partial charge in [0.15, 0.2) is 5.58 Å². The molecule has 1 aromatic heterocycles. The maximum atomic E-state index is 13.2. The van der Waals surface area contributed by atoms with E-state index >= 15 is 0 Å². The van der Waals surface area contributed by atoms with Gasteiger partial charge in [0.2, 0.25) is 5.91 Å². The van der Waals surface area contributed by atoms with Crippen molar-refractivity contribution in [3.8, 4) is 5.75 Å². The first-order valence-electron chi connectivity index (χ1n) is 11.3. The van der Waals surface area contributed by atoms with Crippen LogP contribution in [0.2, 0.25) is 0 Å². The van der Waals surface area contributed by atoms with Gasteiger partial charge in [-0.3, -0.25) is 4.79 Å². The molecule has 31 heavy (non-hydrogen) atoms. The second-order valence-electron chi connectivity index (χ2n) is 8.64. The molecule has 2 aliphatic heterocycles. The summed E-state index contributed by atoms with van der Waals surface area (Å²) in [5, 5.41) is 0. The summed E-state index contributed by atoms with van der Waals surface area (Å²) in [7, 11) is 0. The third-order valence-electron chi connectivity index (χ3n) is 6.46. The van der Waals surface area contributed by atoms with E-state index < -0.39 is 0 Å². The number of benzene rings is 2. The maximum Gasteiger partial charge on any atom is 0.298 e. The number of carbonyl (C=O) groups is 1. The Morgan fingerprint density at radius 2 is 1.77 bits per heavy atom. The number of nitrogens with zero attached hydrogens (tertiary/aromatic N) is 3. The van der Waals surface area contributed by atoms with Gasteiger partial charge in [0.05, 0.1) is 6.61 Å². The van der Waals surface area contributed by atoms with Crippen LogP contribution in [0.25, 0.3) is 11.1 Å². The van der Waals surface area contributed by atoms with Gasteiger partial charge in [-0.2, -0.15) is 4.98 Å². The highest BCUT2D eigenvalue weighted by Gasteiger charge is 2.32. The predicted octanol–water partition coefficient (Wildman–Crippen LogP) is 4.36. The Morgan fingerprint density at radius 1 is 1.00 bits per heavy atom. The average Bonchev–Trinajstić information content (AvgIpc) is 3.28. The summed E-state index contributed by atoms with van der Waals surface area (Å²) in [5.74, 6) is 1.70. The highest BCUT2D eigenvalue weighted by molar-refractivity contribution is 5.79. The molecule has 6 heteroatoms. The molecule has 2 fully saturated rings. The standard InChI is InChI=1S/C25H29N3O3/c29-24(28-14-6-7-19(17-28)18-30-21-8-2-1-3-9-21)20-12-15-27(16-13-20)25-26-22-10-4-5-11-23(22)31-25/h1-5,8-11,19-20H,6-7,12-18H2. The van der Waals surface area contributed by atoms with E-state index in [-0.39, 0.29) is 5.92 Å². The summed E-state index contributed by atoms with van der Waals surface area (Å²) < 4.78 is 11.8. The average molecular weight is 420 g/mol. The largest absolute Gasteiger partial charge is 0.493 e. The van der Waals surface area contributed by atoms with Crippen molar-refractivity contribution in [1.29, 1.82) is 0 Å². The zero-order valence-electron chi connectivity index (χ0n) is 17.8. The molecular weight excluding hydrogens is 390 g/mol. The second-order valence-corrected chi connectivity index (χ2v) is 8.64. The summed E-state index contributed by atoms with van der Waals surface area (Å²) in [6, 6.07) is 18.4. The Morgan fingerprint density at radius 3 is 2.58 bits per heavy atom. The Balaban J connectivity index is 1.13. The lowest BCUT2D eigenvalue weighted by Crippen LogP contribution is -2.47. The minimum Gasteiger partial charge on any atom is -0.493 e. The fraction of sp³-hybridized carbons (Fsp3) is 0.440. The lowest BCUT2D eigenvalue weighted by Gasteiger charge is -2.37. The quantitative estimate of drug-likeness (QED) is 0.615. The molecule has 0 aliphatic carbocycles. The Bertz CT molecular complexity index is 978. The number of piperidine rings is 2. The van der Waals surface area contributed by atoms with Crippen LogP contribution >= 0.6 is 0 Å². The van der Waals surface area contributed by atoms with Crippen molar-refractivity contribution in [2.24, 2.45) is 11.8 Å². The molecule has 2 saturated heterocycles. The van der Waals surface area contributed by atoms with E-state index in [1.807, 2.05) is 54.6 Å². The van der Waals surface area contributed by atoms with Gasteiger partial charge in [-0.15, -0.1) is 0 Å². The molecule has 0 bridgehead atoms. The van der Waals surface area contributed by atoms with Crippen molar-refractivity contribution in [2.45, 2.75) is 25.7 Å². The predicted molar refractivity (Wildman–Crippen MR) is 120 cm³/mol. The summed E-state index contributed by atoms with van der Waals surface area (Å²) in [5.41, 5.74) is 1.69. The molecule has 162 valence electrons. The van der Waals surface area contributed by atoms with Gasteiger partial charge in [0.25, 0.3) is 6.01 Å². The molecule has 3 aromatic rings. The monoisotopic (exact) mass is 419 g/mol. The van der Waals surface area contributed by atoms with Gasteiger partial charge >= 0.3 is 0 Å². The highest BCUT2D eigenvalue weighted by atomic mass is 16.5. The van der Waals surface area contributed by atoms with Crippen molar-refractivity contribution >= 4 is 23.0 Å². The molecule has 0 spiro atoms. The zero-order valence-corrected chi connectivity index (χ0v) is 17.8. The number of likely N-dealkylation sites (tertiary alicyclic amines) is 1. The van der Waals surface area contributed by atoms with Gasteiger partial charge in [0, 0.05) is 38.0 Å². The van der Waals surface area contributed by atoms with E-state index in [1.165, 1.54) is 0 Å². The molecule has 0 N–H and O–H groups in total. The number of ether oxygens (including phenoxy) is 1. The van der Waals surface area contributed by atoms with Gasteiger partial charge < -0.3 is 19.0 Å². The van der Waals surface area contributed by atoms with Crippen molar-refractivity contribution < 1.29 is 13.9 Å². The van der Waals surface area contributed by atoms with Crippen LogP contribution in [0, 0.1) is 11.8 Å². The Kier molecular flexibility index (Phi) is 5.78. The van der Waals surface area contributed by atoms with Gasteiger partial charge in [0.1, 0.15) is 11.3 Å². The first-order chi connectivity index (χ1) is 15.3. The Hall–Kier alpha value is -3.02. The normalized spacial score (nSPS) is 20.2. The van der Waals surface area contributed by atoms with E-state index in [4.69, 9.17) is 9.15 Å². The first-order valence-corrected chi connectivity index (χ1v) is 11.3. The molecule has 1 unspecified atom stereocenters. The number of hydrogen-bond acceptors (Lipinski definition) is 5. The third-order valence-corrected chi connectivity index (χ3v) is 6.46. The number of rotatable bonds is 5. The molecular formula is C25H29N3O3. The summed E-state index contributed by atoms with van der Waals surface area (Å²) in [4.78, 5) is 22.0. The van der Waals surface area contributed by atoms with Crippen LogP contribution in [0.4, 0.5) is 6.01 Å². The number of anilines is 1. The molecule has 1 atom stereocenters. The lowest BCUT2D eigenvalue weighted by atomic mass is 9.92. The molecule has 2 aromatic carbocycles. The summed E-state index contributed by atoms with van der Waals surface area (Å²) in [6.45, 7) is 3.95. The first kappa shape index (κ1) is 19.9. The van der Waals surface area contributed by atoms with Crippen LogP contribution in [-0.4, -0.2) is 48.6 Å². The number of aromatic nitrogens is 1. The number of oxazole rings is 1. The fourth-order valence-corrected chi connectivity index (χ4v) is 4.70. The zero-order chi connectivity index (χ0) is 21.0. The lowest BCUT2D eigenvalue weighted by molar-refractivity contribution is -0.138. The van der Waals surface area contributed by atoms with Crippen LogP contribution < -0.4 is 9.64 Å². The van der Waals surface area contributed by atoms with Gasteiger partial charge in [-0.1, -0.05) is 30.3 Å². The smallest absolute Gasteiger partial charge is 0.298 e. The van der Waals surface area contributed by atoms with Crippen molar-refractivity contribution in [3.05, 3.63) is 54.6 Å². The van der Waals surface area contributed by atoms with Crippen LogP contribution in [0.15, 0.2) is 59.0 Å². The SMILES string of the molecule is O=C(C1CCN(c2nc3ccccc3o2)CC1)N1CCCC(COc2ccccc2)C1. The van der Waals surface area contributed by atoms with E-state index in [0.717, 1.165) is 68.7 Å². The van der Waals surface area contributed by atoms with E-state index in [9.17, 15) is 4.79 Å². The van der Waals surface area contributed by atoms with Crippen molar-refractivity contribution in [3.63, 3.8) is 0 Å². The molecule has 6 nitrogen and oxygen atoms in total. The van der Waals surface area contributed by atoms with Crippen LogP contribution in [-0.2, 0) is 4.79 Å². The topological polar surface area (TPSA) is 58.8 Å².